The van der Waals surface area contributed by atoms with Gasteiger partial charge in [-0.05, 0) is 37.3 Å². The third-order valence-corrected chi connectivity index (χ3v) is 3.65. The van der Waals surface area contributed by atoms with Crippen molar-refractivity contribution in [1.82, 2.24) is 0 Å². The van der Waals surface area contributed by atoms with Crippen LogP contribution in [0.2, 0.25) is 0 Å². The summed E-state index contributed by atoms with van der Waals surface area (Å²) in [6.45, 7) is 0. The van der Waals surface area contributed by atoms with Gasteiger partial charge in [0.05, 0.1) is 4.88 Å². The predicted molar refractivity (Wildman–Crippen MR) is 55.9 cm³/mol. The molecule has 2 rings (SSSR count). The molecule has 0 amide bonds. The van der Waals surface area contributed by atoms with Crippen molar-refractivity contribution in [3.8, 4) is 0 Å². The maximum Gasteiger partial charge on any atom is 0.160 e. The highest BCUT2D eigenvalue weighted by Crippen LogP contribution is 2.29. The lowest BCUT2D eigenvalue weighted by Crippen LogP contribution is -2.13. The Morgan fingerprint density at radius 2 is 2.15 bits per heavy atom. The zero-order chi connectivity index (χ0) is 9.26. The number of nitrogens with zero attached hydrogens (tertiary/aromatic N) is 1. The zero-order valence-electron chi connectivity index (χ0n) is 7.42. The van der Waals surface area contributed by atoms with E-state index in [2.05, 4.69) is 11.2 Å². The van der Waals surface area contributed by atoms with E-state index in [1.54, 1.807) is 11.3 Å². The molecule has 1 aliphatic rings. The van der Waals surface area contributed by atoms with E-state index in [4.69, 9.17) is 11.6 Å². The molecule has 0 unspecified atom stereocenters. The minimum Gasteiger partial charge on any atom is -0.381 e. The molecule has 1 aromatic heterocycles. The maximum atomic E-state index is 5.64. The molecule has 4 heteroatoms. The Morgan fingerprint density at radius 1 is 1.38 bits per heavy atom. The Labute approximate surface area is 81.4 Å². The van der Waals surface area contributed by atoms with Gasteiger partial charge in [-0.15, -0.1) is 11.3 Å². The number of aryl methyl sites for hydroxylation is 2. The van der Waals surface area contributed by atoms with Crippen LogP contribution in [0, 0.1) is 0 Å². The standard InChI is InChI=1S/C9H13N3S/c10-9(12-11)8-5-6-3-1-2-4-7(6)13-8/h5H,1-4,11H2,(H2,10,12). The summed E-state index contributed by atoms with van der Waals surface area (Å²) in [4.78, 5) is 2.49. The molecule has 0 radical (unpaired) electrons. The molecule has 0 saturated carbocycles. The summed E-state index contributed by atoms with van der Waals surface area (Å²) in [7, 11) is 0. The Balaban J connectivity index is 2.35. The van der Waals surface area contributed by atoms with E-state index in [-0.39, 0.29) is 0 Å². The predicted octanol–water partition coefficient (Wildman–Crippen LogP) is 1.21. The van der Waals surface area contributed by atoms with Crippen LogP contribution in [-0.2, 0) is 12.8 Å². The first-order valence-corrected chi connectivity index (χ1v) is 5.28. The summed E-state index contributed by atoms with van der Waals surface area (Å²) in [5.41, 5.74) is 7.08. The first-order chi connectivity index (χ1) is 6.31. The lowest BCUT2D eigenvalue weighted by molar-refractivity contribution is 0.697. The molecule has 70 valence electrons. The summed E-state index contributed by atoms with van der Waals surface area (Å²) in [5, 5.41) is 3.51. The second-order valence-electron chi connectivity index (χ2n) is 3.28. The molecule has 0 fully saturated rings. The van der Waals surface area contributed by atoms with Crippen LogP contribution in [0.5, 0.6) is 0 Å². The Kier molecular flexibility index (Phi) is 2.22. The lowest BCUT2D eigenvalue weighted by atomic mass is 9.99. The van der Waals surface area contributed by atoms with Crippen LogP contribution in [0.3, 0.4) is 0 Å². The number of fused-ring (bicyclic) bond motifs is 1. The summed E-state index contributed by atoms with van der Waals surface area (Å²) in [6, 6.07) is 2.13. The molecule has 0 saturated heterocycles. The monoisotopic (exact) mass is 195 g/mol. The van der Waals surface area contributed by atoms with Crippen LogP contribution in [0.1, 0.15) is 28.2 Å². The minimum atomic E-state index is 0.458. The van der Waals surface area contributed by atoms with Gasteiger partial charge in [-0.3, -0.25) is 0 Å². The van der Waals surface area contributed by atoms with Gasteiger partial charge in [-0.2, -0.15) is 5.10 Å². The van der Waals surface area contributed by atoms with E-state index >= 15 is 0 Å². The average molecular weight is 195 g/mol. The Hall–Kier alpha value is -1.03. The fourth-order valence-corrected chi connectivity index (χ4v) is 2.84. The number of hydrogen-bond acceptors (Lipinski definition) is 3. The van der Waals surface area contributed by atoms with Gasteiger partial charge in [-0.25, -0.2) is 0 Å². The summed E-state index contributed by atoms with van der Waals surface area (Å²) >= 11 is 1.73. The molecule has 0 bridgehead atoms. The third-order valence-electron chi connectivity index (χ3n) is 2.39. The molecule has 1 aromatic rings. The molecule has 0 aliphatic heterocycles. The number of hydrogen-bond donors (Lipinski definition) is 2. The van der Waals surface area contributed by atoms with E-state index in [9.17, 15) is 0 Å². The number of thiophene rings is 1. The number of amidine groups is 1. The SMILES string of the molecule is N/N=C(/N)c1cc2c(s1)CCCC2. The van der Waals surface area contributed by atoms with Gasteiger partial charge in [0.25, 0.3) is 0 Å². The van der Waals surface area contributed by atoms with Crippen LogP contribution < -0.4 is 11.6 Å². The average Bonchev–Trinajstić information content (AvgIpc) is 2.59. The summed E-state index contributed by atoms with van der Waals surface area (Å²) in [6.07, 6.45) is 4.97. The van der Waals surface area contributed by atoms with E-state index < -0.39 is 0 Å². The van der Waals surface area contributed by atoms with Crippen molar-refractivity contribution >= 4 is 17.2 Å². The van der Waals surface area contributed by atoms with Gasteiger partial charge in [0.2, 0.25) is 0 Å². The number of hydrazone groups is 1. The van der Waals surface area contributed by atoms with Crippen molar-refractivity contribution in [1.29, 1.82) is 0 Å². The van der Waals surface area contributed by atoms with Crippen molar-refractivity contribution < 1.29 is 0 Å². The molecule has 1 heterocycles. The fraction of sp³-hybridized carbons (Fsp3) is 0.444. The van der Waals surface area contributed by atoms with Gasteiger partial charge in [0, 0.05) is 4.88 Å². The largest absolute Gasteiger partial charge is 0.381 e. The molecule has 13 heavy (non-hydrogen) atoms. The van der Waals surface area contributed by atoms with Crippen LogP contribution in [-0.4, -0.2) is 5.84 Å². The van der Waals surface area contributed by atoms with Crippen molar-refractivity contribution in [2.24, 2.45) is 16.7 Å². The highest BCUT2D eigenvalue weighted by Gasteiger charge is 2.14. The van der Waals surface area contributed by atoms with E-state index in [0.29, 0.717) is 5.84 Å². The van der Waals surface area contributed by atoms with Crippen LogP contribution in [0.15, 0.2) is 11.2 Å². The van der Waals surface area contributed by atoms with E-state index in [0.717, 1.165) is 4.88 Å². The van der Waals surface area contributed by atoms with Crippen molar-refractivity contribution in [3.05, 3.63) is 21.4 Å². The van der Waals surface area contributed by atoms with E-state index in [1.165, 1.54) is 36.1 Å². The summed E-state index contributed by atoms with van der Waals surface area (Å²) < 4.78 is 0. The van der Waals surface area contributed by atoms with E-state index in [1.807, 2.05) is 0 Å². The molecule has 3 nitrogen and oxygen atoms in total. The van der Waals surface area contributed by atoms with Gasteiger partial charge >= 0.3 is 0 Å². The minimum absolute atomic E-state index is 0.458. The maximum absolute atomic E-state index is 5.64. The normalized spacial score (nSPS) is 17.1. The van der Waals surface area contributed by atoms with Crippen LogP contribution in [0.4, 0.5) is 0 Å². The summed E-state index contributed by atoms with van der Waals surface area (Å²) in [5.74, 6) is 5.59. The lowest BCUT2D eigenvalue weighted by Gasteiger charge is -2.08. The van der Waals surface area contributed by atoms with Gasteiger partial charge < -0.3 is 11.6 Å². The molecule has 0 atom stereocenters. The van der Waals surface area contributed by atoms with Crippen LogP contribution in [0.25, 0.3) is 0 Å². The molecule has 1 aliphatic carbocycles. The third kappa shape index (κ3) is 1.54. The van der Waals surface area contributed by atoms with Gasteiger partial charge in [0.1, 0.15) is 0 Å². The molecular weight excluding hydrogens is 182 g/mol. The van der Waals surface area contributed by atoms with Crippen molar-refractivity contribution in [3.63, 3.8) is 0 Å². The smallest absolute Gasteiger partial charge is 0.160 e. The second kappa shape index (κ2) is 3.38. The molecule has 0 spiro atoms. The first kappa shape index (κ1) is 8.56. The van der Waals surface area contributed by atoms with Crippen molar-refractivity contribution in [2.75, 3.05) is 0 Å². The topological polar surface area (TPSA) is 64.4 Å². The van der Waals surface area contributed by atoms with Gasteiger partial charge in [0.15, 0.2) is 5.84 Å². The number of nitrogens with two attached hydrogens (primary N) is 2. The number of rotatable bonds is 1. The molecule has 4 N–H and O–H groups in total. The quantitative estimate of drug-likeness (QED) is 0.306. The van der Waals surface area contributed by atoms with Crippen LogP contribution >= 0.6 is 11.3 Å². The fourth-order valence-electron chi connectivity index (χ4n) is 1.68. The Bertz CT molecular complexity index is 317. The van der Waals surface area contributed by atoms with Crippen molar-refractivity contribution in [2.45, 2.75) is 25.7 Å². The zero-order valence-corrected chi connectivity index (χ0v) is 8.23. The molecular formula is C9H13N3S. The Morgan fingerprint density at radius 3 is 2.85 bits per heavy atom. The second-order valence-corrected chi connectivity index (χ2v) is 4.42. The first-order valence-electron chi connectivity index (χ1n) is 4.46. The highest BCUT2D eigenvalue weighted by atomic mass is 32.1. The molecule has 0 aromatic carbocycles. The highest BCUT2D eigenvalue weighted by molar-refractivity contribution is 7.14. The van der Waals surface area contributed by atoms with Gasteiger partial charge in [-0.1, -0.05) is 0 Å².